The van der Waals surface area contributed by atoms with Gasteiger partial charge in [-0.15, -0.1) is 24.0 Å². The first-order valence-electron chi connectivity index (χ1n) is 9.36. The minimum atomic E-state index is -1.03. The zero-order valence-corrected chi connectivity index (χ0v) is 18.9. The first-order chi connectivity index (χ1) is 11.9. The van der Waals surface area contributed by atoms with Gasteiger partial charge in [-0.05, 0) is 45.7 Å². The van der Waals surface area contributed by atoms with Crippen LogP contribution in [0.4, 0.5) is 0 Å². The highest BCUT2D eigenvalue weighted by atomic mass is 127. The molecule has 0 aromatic carbocycles. The quantitative estimate of drug-likeness (QED) is 0.300. The van der Waals surface area contributed by atoms with Gasteiger partial charge in [0.05, 0.1) is 12.7 Å². The predicted molar refractivity (Wildman–Crippen MR) is 117 cm³/mol. The predicted octanol–water partition coefficient (Wildman–Crippen LogP) is 1.53. The van der Waals surface area contributed by atoms with Crippen molar-refractivity contribution < 1.29 is 5.11 Å². The number of aliphatic hydroxyl groups is 1. The number of guanidine groups is 1. The molecule has 0 radical (unpaired) electrons. The van der Waals surface area contributed by atoms with Crippen molar-refractivity contribution in [1.29, 1.82) is 0 Å². The molecule has 7 nitrogen and oxygen atoms in total. The van der Waals surface area contributed by atoms with Crippen LogP contribution in [0.3, 0.4) is 0 Å². The maximum absolute atomic E-state index is 10.7. The fraction of sp³-hybridized carbons (Fsp3) is 0.778. The highest BCUT2D eigenvalue weighted by Crippen LogP contribution is 2.19. The number of hydrogen-bond donors (Lipinski definition) is 3. The Morgan fingerprint density at radius 3 is 2.65 bits per heavy atom. The smallest absolute Gasteiger partial charge is 0.191 e. The summed E-state index contributed by atoms with van der Waals surface area (Å²) in [5, 5.41) is 21.4. The van der Waals surface area contributed by atoms with Crippen LogP contribution in [0.25, 0.3) is 0 Å². The fourth-order valence-electron chi connectivity index (χ4n) is 3.11. The maximum atomic E-state index is 10.7. The van der Waals surface area contributed by atoms with Gasteiger partial charge in [0.25, 0.3) is 0 Å². The number of halogens is 1. The number of nitrogens with zero attached hydrogens (tertiary/aromatic N) is 4. The molecule has 0 saturated carbocycles. The average molecular weight is 478 g/mol. The molecule has 0 amide bonds. The summed E-state index contributed by atoms with van der Waals surface area (Å²) in [7, 11) is 1.84. The van der Waals surface area contributed by atoms with Crippen molar-refractivity contribution in [2.75, 3.05) is 39.3 Å². The molecular weight excluding hydrogens is 443 g/mol. The number of aryl methyl sites for hydroxylation is 1. The molecule has 1 aliphatic rings. The molecule has 1 aromatic heterocycles. The van der Waals surface area contributed by atoms with E-state index in [0.717, 1.165) is 31.2 Å². The van der Waals surface area contributed by atoms with E-state index < -0.39 is 5.60 Å². The maximum Gasteiger partial charge on any atom is 0.191 e. The molecular formula is C18H35IN6O. The largest absolute Gasteiger partial charge is 0.383 e. The molecule has 1 saturated heterocycles. The Balaban J connectivity index is 0.00000338. The molecule has 8 heteroatoms. The zero-order chi connectivity index (χ0) is 18.3. The van der Waals surface area contributed by atoms with E-state index in [2.05, 4.69) is 32.5 Å². The third kappa shape index (κ3) is 7.40. The van der Waals surface area contributed by atoms with E-state index in [4.69, 9.17) is 0 Å². The van der Waals surface area contributed by atoms with Crippen LogP contribution in [0.15, 0.2) is 17.4 Å². The number of nitrogens with one attached hydrogen (secondary N) is 2. The van der Waals surface area contributed by atoms with Gasteiger partial charge < -0.3 is 20.6 Å². The lowest BCUT2D eigenvalue weighted by atomic mass is 10.0. The molecule has 0 bridgehead atoms. The lowest BCUT2D eigenvalue weighted by Gasteiger charge is -2.23. The molecule has 2 rings (SSSR count). The Bertz CT molecular complexity index is 554. The van der Waals surface area contributed by atoms with E-state index >= 15 is 0 Å². The molecule has 3 N–H and O–H groups in total. The van der Waals surface area contributed by atoms with E-state index in [-0.39, 0.29) is 30.5 Å². The summed E-state index contributed by atoms with van der Waals surface area (Å²) in [6, 6.07) is 0. The Morgan fingerprint density at radius 2 is 2.08 bits per heavy atom. The van der Waals surface area contributed by atoms with Crippen LogP contribution in [0.5, 0.6) is 0 Å². The Kier molecular flexibility index (Phi) is 9.88. The minimum absolute atomic E-state index is 0. The SMILES string of the molecule is CCNC(=NCC(C)(O)c1cnn(C)c1)NCC(C)CN1CCCC1.I. The van der Waals surface area contributed by atoms with E-state index in [0.29, 0.717) is 5.92 Å². The molecule has 26 heavy (non-hydrogen) atoms. The Morgan fingerprint density at radius 1 is 1.38 bits per heavy atom. The Labute approximate surface area is 174 Å². The summed E-state index contributed by atoms with van der Waals surface area (Å²) in [5.41, 5.74) is -0.255. The van der Waals surface area contributed by atoms with E-state index in [1.807, 2.05) is 20.2 Å². The van der Waals surface area contributed by atoms with Crippen molar-refractivity contribution in [3.05, 3.63) is 18.0 Å². The molecule has 0 spiro atoms. The summed E-state index contributed by atoms with van der Waals surface area (Å²) in [6.45, 7) is 11.6. The topological polar surface area (TPSA) is 77.7 Å². The van der Waals surface area contributed by atoms with E-state index in [1.54, 1.807) is 17.8 Å². The number of hydrogen-bond acceptors (Lipinski definition) is 4. The molecule has 1 aliphatic heterocycles. The monoisotopic (exact) mass is 478 g/mol. The highest BCUT2D eigenvalue weighted by molar-refractivity contribution is 14.0. The van der Waals surface area contributed by atoms with Gasteiger partial charge in [0.1, 0.15) is 5.60 Å². The summed E-state index contributed by atoms with van der Waals surface area (Å²) < 4.78 is 1.69. The summed E-state index contributed by atoms with van der Waals surface area (Å²) >= 11 is 0. The van der Waals surface area contributed by atoms with Gasteiger partial charge in [0.15, 0.2) is 5.96 Å². The van der Waals surface area contributed by atoms with Gasteiger partial charge in [-0.2, -0.15) is 5.10 Å². The first-order valence-corrected chi connectivity index (χ1v) is 9.36. The van der Waals surface area contributed by atoms with Crippen molar-refractivity contribution in [3.63, 3.8) is 0 Å². The standard InChI is InChI=1S/C18H34N6O.HI/c1-5-19-17(20-10-15(2)12-24-8-6-7-9-24)21-14-18(3,25)16-11-22-23(4)13-16;/h11,13,15,25H,5-10,12,14H2,1-4H3,(H2,19,20,21);1H. The third-order valence-corrected chi connectivity index (χ3v) is 4.60. The average Bonchev–Trinajstić information content (AvgIpc) is 3.22. The first kappa shape index (κ1) is 23.2. The van der Waals surface area contributed by atoms with Crippen LogP contribution in [0.2, 0.25) is 0 Å². The zero-order valence-electron chi connectivity index (χ0n) is 16.5. The number of likely N-dealkylation sites (tertiary alicyclic amines) is 1. The summed E-state index contributed by atoms with van der Waals surface area (Å²) in [5.74, 6) is 1.31. The van der Waals surface area contributed by atoms with Crippen molar-refractivity contribution in [2.45, 2.75) is 39.2 Å². The second-order valence-corrected chi connectivity index (χ2v) is 7.37. The highest BCUT2D eigenvalue weighted by Gasteiger charge is 2.24. The van der Waals surface area contributed by atoms with Gasteiger partial charge in [0.2, 0.25) is 0 Å². The molecule has 2 unspecified atom stereocenters. The molecule has 2 heterocycles. The van der Waals surface area contributed by atoms with Crippen molar-refractivity contribution in [3.8, 4) is 0 Å². The molecule has 0 aliphatic carbocycles. The number of aliphatic imine (C=N–C) groups is 1. The molecule has 2 atom stereocenters. The number of aromatic nitrogens is 2. The van der Waals surface area contributed by atoms with Gasteiger partial charge in [-0.1, -0.05) is 6.92 Å². The normalized spacial score (nSPS) is 18.9. The summed E-state index contributed by atoms with van der Waals surface area (Å²) in [6.07, 6.45) is 6.17. The van der Waals surface area contributed by atoms with Gasteiger partial charge >= 0.3 is 0 Å². The van der Waals surface area contributed by atoms with Crippen LogP contribution in [0, 0.1) is 5.92 Å². The van der Waals surface area contributed by atoms with Crippen LogP contribution in [-0.2, 0) is 12.6 Å². The second kappa shape index (κ2) is 11.1. The van der Waals surface area contributed by atoms with Crippen LogP contribution < -0.4 is 10.6 Å². The second-order valence-electron chi connectivity index (χ2n) is 7.37. The van der Waals surface area contributed by atoms with Crippen LogP contribution in [0.1, 0.15) is 39.2 Å². The van der Waals surface area contributed by atoms with Gasteiger partial charge in [-0.3, -0.25) is 4.68 Å². The van der Waals surface area contributed by atoms with Gasteiger partial charge in [0, 0.05) is 38.4 Å². The van der Waals surface area contributed by atoms with Crippen molar-refractivity contribution >= 4 is 29.9 Å². The molecule has 150 valence electrons. The van der Waals surface area contributed by atoms with Crippen molar-refractivity contribution in [2.24, 2.45) is 18.0 Å². The van der Waals surface area contributed by atoms with Crippen molar-refractivity contribution in [1.82, 2.24) is 25.3 Å². The Hall–Kier alpha value is -0.870. The fourth-order valence-corrected chi connectivity index (χ4v) is 3.11. The van der Waals surface area contributed by atoms with Gasteiger partial charge in [-0.25, -0.2) is 4.99 Å². The van der Waals surface area contributed by atoms with Crippen LogP contribution in [-0.4, -0.2) is 65.0 Å². The third-order valence-electron chi connectivity index (χ3n) is 4.60. The van der Waals surface area contributed by atoms with E-state index in [1.165, 1.54) is 25.9 Å². The summed E-state index contributed by atoms with van der Waals surface area (Å²) in [4.78, 5) is 7.10. The van der Waals surface area contributed by atoms with E-state index in [9.17, 15) is 5.11 Å². The van der Waals surface area contributed by atoms with Crippen LogP contribution >= 0.6 is 24.0 Å². The molecule has 1 fully saturated rings. The lowest BCUT2D eigenvalue weighted by molar-refractivity contribution is 0.0671. The lowest BCUT2D eigenvalue weighted by Crippen LogP contribution is -2.42. The number of rotatable bonds is 8. The molecule has 1 aromatic rings. The minimum Gasteiger partial charge on any atom is -0.383 e.